The van der Waals surface area contributed by atoms with Gasteiger partial charge in [-0.3, -0.25) is 0 Å². The number of hydrogen-bond donors (Lipinski definition) is 1. The van der Waals surface area contributed by atoms with Gasteiger partial charge >= 0.3 is 5.97 Å². The number of carboxylic acids is 1. The van der Waals surface area contributed by atoms with Crippen LogP contribution in [-0.4, -0.2) is 11.1 Å². The van der Waals surface area contributed by atoms with Crippen LogP contribution in [0.4, 0.5) is 0 Å². The number of furan rings is 1. The van der Waals surface area contributed by atoms with Crippen molar-refractivity contribution in [3.05, 3.63) is 23.7 Å². The molecule has 1 aliphatic carbocycles. The maximum absolute atomic E-state index is 10.7. The summed E-state index contributed by atoms with van der Waals surface area (Å²) in [6.07, 6.45) is 10.4. The molecule has 1 fully saturated rings. The highest BCUT2D eigenvalue weighted by Crippen LogP contribution is 2.26. The Morgan fingerprint density at radius 2 is 2.00 bits per heavy atom. The molecular formula is C13H18O3. The Labute approximate surface area is 95.5 Å². The van der Waals surface area contributed by atoms with Crippen LogP contribution in [0.2, 0.25) is 0 Å². The van der Waals surface area contributed by atoms with Crippen LogP contribution in [0.1, 0.15) is 54.6 Å². The first-order chi connectivity index (χ1) is 7.75. The predicted octanol–water partition coefficient (Wildman–Crippen LogP) is 3.49. The monoisotopic (exact) mass is 222 g/mol. The quantitative estimate of drug-likeness (QED) is 0.796. The van der Waals surface area contributed by atoms with Crippen LogP contribution in [-0.2, 0) is 6.42 Å². The molecule has 88 valence electrons. The van der Waals surface area contributed by atoms with E-state index in [9.17, 15) is 4.79 Å². The van der Waals surface area contributed by atoms with Crippen LogP contribution in [0.15, 0.2) is 16.7 Å². The largest absolute Gasteiger partial charge is 0.475 e. The summed E-state index contributed by atoms with van der Waals surface area (Å²) in [5.41, 5.74) is 1.03. The first-order valence-electron chi connectivity index (χ1n) is 6.06. The molecule has 0 aromatic carbocycles. The molecule has 1 aromatic rings. The van der Waals surface area contributed by atoms with E-state index in [4.69, 9.17) is 9.52 Å². The molecule has 16 heavy (non-hydrogen) atoms. The molecule has 0 radical (unpaired) electrons. The van der Waals surface area contributed by atoms with Crippen LogP contribution in [0.5, 0.6) is 0 Å². The van der Waals surface area contributed by atoms with Gasteiger partial charge in [-0.15, -0.1) is 0 Å². The van der Waals surface area contributed by atoms with Gasteiger partial charge in [-0.2, -0.15) is 0 Å². The second kappa shape index (κ2) is 5.19. The van der Waals surface area contributed by atoms with Crippen LogP contribution < -0.4 is 0 Å². The van der Waals surface area contributed by atoms with Crippen molar-refractivity contribution >= 4 is 5.97 Å². The van der Waals surface area contributed by atoms with Gasteiger partial charge in [0.25, 0.3) is 0 Å². The molecule has 0 bridgehead atoms. The molecule has 1 aliphatic rings. The molecule has 0 saturated heterocycles. The van der Waals surface area contributed by atoms with E-state index in [0.29, 0.717) is 5.92 Å². The van der Waals surface area contributed by atoms with Gasteiger partial charge in [0.15, 0.2) is 0 Å². The average molecular weight is 222 g/mol. The summed E-state index contributed by atoms with van der Waals surface area (Å²) in [5.74, 6) is -0.211. The van der Waals surface area contributed by atoms with Gasteiger partial charge in [-0.05, 0) is 24.0 Å². The third-order valence-corrected chi connectivity index (χ3v) is 3.36. The van der Waals surface area contributed by atoms with Crippen molar-refractivity contribution < 1.29 is 14.3 Å². The van der Waals surface area contributed by atoms with Crippen molar-refractivity contribution in [2.75, 3.05) is 0 Å². The minimum Gasteiger partial charge on any atom is -0.475 e. The molecule has 0 atom stereocenters. The van der Waals surface area contributed by atoms with Gasteiger partial charge in [-0.25, -0.2) is 4.79 Å². The summed E-state index contributed by atoms with van der Waals surface area (Å²) >= 11 is 0. The summed E-state index contributed by atoms with van der Waals surface area (Å²) in [5, 5.41) is 8.76. The summed E-state index contributed by atoms with van der Waals surface area (Å²) in [6, 6.07) is 1.66. The van der Waals surface area contributed by atoms with E-state index in [2.05, 4.69) is 0 Å². The third-order valence-electron chi connectivity index (χ3n) is 3.36. The smallest absolute Gasteiger partial charge is 0.371 e. The maximum Gasteiger partial charge on any atom is 0.371 e. The highest BCUT2D eigenvalue weighted by Gasteiger charge is 2.15. The average Bonchev–Trinajstić information content (AvgIpc) is 2.56. The summed E-state index contributed by atoms with van der Waals surface area (Å²) in [4.78, 5) is 10.7. The summed E-state index contributed by atoms with van der Waals surface area (Å²) in [7, 11) is 0. The van der Waals surface area contributed by atoms with Gasteiger partial charge < -0.3 is 9.52 Å². The van der Waals surface area contributed by atoms with Gasteiger partial charge in [-0.1, -0.05) is 38.5 Å². The fourth-order valence-electron chi connectivity index (χ4n) is 2.50. The molecule has 3 nitrogen and oxygen atoms in total. The number of aromatic carboxylic acids is 1. The summed E-state index contributed by atoms with van der Waals surface area (Å²) < 4.78 is 5.00. The SMILES string of the molecule is O=C(O)c1cc(CC2CCCCCC2)co1. The zero-order chi connectivity index (χ0) is 11.4. The van der Waals surface area contributed by atoms with Gasteiger partial charge in [0.1, 0.15) is 0 Å². The number of rotatable bonds is 3. The number of hydrogen-bond acceptors (Lipinski definition) is 2. The lowest BCUT2D eigenvalue weighted by Gasteiger charge is -2.11. The molecule has 1 aromatic heterocycles. The highest BCUT2D eigenvalue weighted by molar-refractivity contribution is 5.84. The fourth-order valence-corrected chi connectivity index (χ4v) is 2.50. The molecule has 0 spiro atoms. The highest BCUT2D eigenvalue weighted by atomic mass is 16.4. The van der Waals surface area contributed by atoms with Gasteiger partial charge in [0, 0.05) is 0 Å². The topological polar surface area (TPSA) is 50.4 Å². The van der Waals surface area contributed by atoms with Crippen molar-refractivity contribution in [1.82, 2.24) is 0 Å². The van der Waals surface area contributed by atoms with E-state index >= 15 is 0 Å². The number of carboxylic acid groups (broad SMARTS) is 1. The first kappa shape index (κ1) is 11.2. The van der Waals surface area contributed by atoms with E-state index < -0.39 is 5.97 Å². The summed E-state index contributed by atoms with van der Waals surface area (Å²) in [6.45, 7) is 0. The Hall–Kier alpha value is -1.25. The van der Waals surface area contributed by atoms with E-state index in [-0.39, 0.29) is 5.76 Å². The molecular weight excluding hydrogens is 204 g/mol. The van der Waals surface area contributed by atoms with E-state index in [1.807, 2.05) is 0 Å². The zero-order valence-corrected chi connectivity index (χ0v) is 9.45. The van der Waals surface area contributed by atoms with Crippen LogP contribution >= 0.6 is 0 Å². The van der Waals surface area contributed by atoms with Crippen molar-refractivity contribution in [3.63, 3.8) is 0 Å². The molecule has 0 aliphatic heterocycles. The molecule has 1 N–H and O–H groups in total. The standard InChI is InChI=1S/C13H18O3/c14-13(15)12-8-11(9-16-12)7-10-5-3-1-2-4-6-10/h8-10H,1-7H2,(H,14,15). The molecule has 3 heteroatoms. The van der Waals surface area contributed by atoms with Crippen LogP contribution in [0.3, 0.4) is 0 Å². The molecule has 2 rings (SSSR count). The molecule has 1 heterocycles. The Morgan fingerprint density at radius 1 is 1.31 bits per heavy atom. The van der Waals surface area contributed by atoms with Crippen molar-refractivity contribution in [3.8, 4) is 0 Å². The lowest BCUT2D eigenvalue weighted by Crippen LogP contribution is -2.02. The lowest BCUT2D eigenvalue weighted by molar-refractivity contribution is 0.0662. The fraction of sp³-hybridized carbons (Fsp3) is 0.615. The lowest BCUT2D eigenvalue weighted by atomic mass is 9.94. The molecule has 1 saturated carbocycles. The molecule has 0 amide bonds. The Bertz CT molecular complexity index is 346. The van der Waals surface area contributed by atoms with Crippen molar-refractivity contribution in [2.24, 2.45) is 5.92 Å². The van der Waals surface area contributed by atoms with E-state index in [1.165, 1.54) is 38.5 Å². The second-order valence-corrected chi connectivity index (χ2v) is 4.69. The van der Waals surface area contributed by atoms with E-state index in [1.54, 1.807) is 12.3 Å². The third kappa shape index (κ3) is 2.87. The molecule has 0 unspecified atom stereocenters. The second-order valence-electron chi connectivity index (χ2n) is 4.69. The maximum atomic E-state index is 10.7. The van der Waals surface area contributed by atoms with Crippen LogP contribution in [0, 0.1) is 5.92 Å². The van der Waals surface area contributed by atoms with E-state index in [0.717, 1.165) is 12.0 Å². The minimum atomic E-state index is -0.980. The Balaban J connectivity index is 1.94. The van der Waals surface area contributed by atoms with Crippen molar-refractivity contribution in [2.45, 2.75) is 44.9 Å². The normalized spacial score (nSPS) is 18.2. The Kier molecular flexibility index (Phi) is 3.65. The van der Waals surface area contributed by atoms with Crippen LogP contribution in [0.25, 0.3) is 0 Å². The zero-order valence-electron chi connectivity index (χ0n) is 9.45. The van der Waals surface area contributed by atoms with Gasteiger partial charge in [0.2, 0.25) is 5.76 Å². The van der Waals surface area contributed by atoms with Gasteiger partial charge in [0.05, 0.1) is 6.26 Å². The predicted molar refractivity (Wildman–Crippen MR) is 60.6 cm³/mol. The first-order valence-corrected chi connectivity index (χ1v) is 6.06. The van der Waals surface area contributed by atoms with Crippen molar-refractivity contribution in [1.29, 1.82) is 0 Å². The number of carbonyl (C=O) groups is 1. The Morgan fingerprint density at radius 3 is 2.56 bits per heavy atom. The minimum absolute atomic E-state index is 0.0589.